The van der Waals surface area contributed by atoms with Crippen molar-refractivity contribution in [2.45, 2.75) is 19.1 Å². The number of nitrogens with two attached hydrogens (primary N) is 1. The number of nitrogens with zero attached hydrogens (tertiary/aromatic N) is 1. The second-order valence-corrected chi connectivity index (χ2v) is 4.34. The predicted octanol–water partition coefficient (Wildman–Crippen LogP) is 0.763. The van der Waals surface area contributed by atoms with Crippen molar-refractivity contribution in [3.8, 4) is 11.5 Å². The smallest absolute Gasteiger partial charge is 0.263 e. The van der Waals surface area contributed by atoms with Crippen LogP contribution < -0.4 is 15.2 Å². The lowest BCUT2D eigenvalue weighted by atomic mass is 10.2. The van der Waals surface area contributed by atoms with Crippen LogP contribution in [0.1, 0.15) is 12.0 Å². The highest BCUT2D eigenvalue weighted by Gasteiger charge is 2.31. The maximum Gasteiger partial charge on any atom is 0.263 e. The molecule has 0 bridgehead atoms. The van der Waals surface area contributed by atoms with Crippen LogP contribution >= 0.6 is 0 Å². The molecule has 98 valence electrons. The van der Waals surface area contributed by atoms with E-state index in [1.807, 2.05) is 12.1 Å². The molecular formula is C13H18N2O3. The number of carbonyl (C=O) groups excluding carboxylic acids is 1. The van der Waals surface area contributed by atoms with E-state index < -0.39 is 6.10 Å². The van der Waals surface area contributed by atoms with Crippen molar-refractivity contribution in [3.05, 3.63) is 23.8 Å². The van der Waals surface area contributed by atoms with Gasteiger partial charge in [-0.15, -0.1) is 0 Å². The number of ether oxygens (including phenoxy) is 2. The lowest BCUT2D eigenvalue weighted by Crippen LogP contribution is -2.29. The molecule has 1 heterocycles. The summed E-state index contributed by atoms with van der Waals surface area (Å²) in [6, 6.07) is 5.51. The second kappa shape index (κ2) is 5.27. The van der Waals surface area contributed by atoms with Gasteiger partial charge in [-0.3, -0.25) is 4.79 Å². The molecule has 0 aliphatic carbocycles. The van der Waals surface area contributed by atoms with E-state index in [1.165, 1.54) is 0 Å². The fraction of sp³-hybridized carbons (Fsp3) is 0.462. The summed E-state index contributed by atoms with van der Waals surface area (Å²) in [5.74, 6) is 1.21. The van der Waals surface area contributed by atoms with E-state index in [2.05, 4.69) is 0 Å². The van der Waals surface area contributed by atoms with Gasteiger partial charge in [-0.05, 0) is 17.7 Å². The first-order valence-corrected chi connectivity index (χ1v) is 5.94. The molecule has 1 fully saturated rings. The standard InChI is InChI=1S/C13H18N2O3/c1-15-6-5-11(13(15)16)18-12-7-9(8-14)3-4-10(12)17-2/h3-4,7,11H,5-6,8,14H2,1-2H3. The van der Waals surface area contributed by atoms with E-state index in [-0.39, 0.29) is 5.91 Å². The van der Waals surface area contributed by atoms with Gasteiger partial charge in [0.2, 0.25) is 0 Å². The van der Waals surface area contributed by atoms with Crippen LogP contribution in [-0.2, 0) is 11.3 Å². The molecule has 0 saturated carbocycles. The lowest BCUT2D eigenvalue weighted by molar-refractivity contribution is -0.132. The van der Waals surface area contributed by atoms with Gasteiger partial charge in [-0.25, -0.2) is 0 Å². The molecule has 2 rings (SSSR count). The summed E-state index contributed by atoms with van der Waals surface area (Å²) in [7, 11) is 3.35. The Labute approximate surface area is 106 Å². The number of likely N-dealkylation sites (tertiary alicyclic amines) is 1. The number of amides is 1. The number of likely N-dealkylation sites (N-methyl/N-ethyl adjacent to an activating group) is 1. The molecule has 1 saturated heterocycles. The van der Waals surface area contributed by atoms with Crippen LogP contribution in [0.2, 0.25) is 0 Å². The maximum absolute atomic E-state index is 11.8. The molecule has 5 heteroatoms. The summed E-state index contributed by atoms with van der Waals surface area (Å²) in [5, 5.41) is 0. The van der Waals surface area contributed by atoms with Gasteiger partial charge in [-0.2, -0.15) is 0 Å². The Bertz CT molecular complexity index is 448. The molecule has 1 atom stereocenters. The fourth-order valence-electron chi connectivity index (χ4n) is 1.99. The highest BCUT2D eigenvalue weighted by atomic mass is 16.5. The van der Waals surface area contributed by atoms with Gasteiger partial charge < -0.3 is 20.1 Å². The van der Waals surface area contributed by atoms with E-state index in [0.29, 0.717) is 24.5 Å². The van der Waals surface area contributed by atoms with Crippen LogP contribution in [-0.4, -0.2) is 37.6 Å². The monoisotopic (exact) mass is 250 g/mol. The van der Waals surface area contributed by atoms with Gasteiger partial charge >= 0.3 is 0 Å². The topological polar surface area (TPSA) is 64.8 Å². The third-order valence-electron chi connectivity index (χ3n) is 3.11. The summed E-state index contributed by atoms with van der Waals surface area (Å²) < 4.78 is 11.0. The van der Waals surface area contributed by atoms with Crippen LogP contribution in [0.3, 0.4) is 0 Å². The Morgan fingerprint density at radius 3 is 2.78 bits per heavy atom. The first kappa shape index (κ1) is 12.7. The van der Waals surface area contributed by atoms with Crippen molar-refractivity contribution >= 4 is 5.91 Å². The number of hydrogen-bond acceptors (Lipinski definition) is 4. The number of rotatable bonds is 4. The third-order valence-corrected chi connectivity index (χ3v) is 3.11. The van der Waals surface area contributed by atoms with E-state index >= 15 is 0 Å². The summed E-state index contributed by atoms with van der Waals surface area (Å²) in [6.07, 6.45) is 0.280. The average molecular weight is 250 g/mol. The molecular weight excluding hydrogens is 232 g/mol. The summed E-state index contributed by atoms with van der Waals surface area (Å²) in [5.41, 5.74) is 6.54. The van der Waals surface area contributed by atoms with Crippen molar-refractivity contribution in [1.29, 1.82) is 0 Å². The molecule has 2 N–H and O–H groups in total. The van der Waals surface area contributed by atoms with Crippen molar-refractivity contribution < 1.29 is 14.3 Å². The predicted molar refractivity (Wildman–Crippen MR) is 67.6 cm³/mol. The normalized spacial score (nSPS) is 19.2. The van der Waals surface area contributed by atoms with Crippen molar-refractivity contribution in [2.75, 3.05) is 20.7 Å². The van der Waals surface area contributed by atoms with Crippen LogP contribution in [0.25, 0.3) is 0 Å². The third kappa shape index (κ3) is 2.41. The molecule has 0 radical (unpaired) electrons. The largest absolute Gasteiger partial charge is 0.493 e. The van der Waals surface area contributed by atoms with Crippen molar-refractivity contribution in [1.82, 2.24) is 4.90 Å². The van der Waals surface area contributed by atoms with Gasteiger partial charge in [-0.1, -0.05) is 6.07 Å². The Morgan fingerprint density at radius 2 is 2.22 bits per heavy atom. The van der Waals surface area contributed by atoms with Gasteiger partial charge in [0.1, 0.15) is 0 Å². The minimum absolute atomic E-state index is 0.00945. The van der Waals surface area contributed by atoms with Gasteiger partial charge in [0, 0.05) is 26.6 Å². The van der Waals surface area contributed by atoms with E-state index in [1.54, 1.807) is 25.1 Å². The molecule has 5 nitrogen and oxygen atoms in total. The molecule has 1 aliphatic heterocycles. The first-order valence-electron chi connectivity index (χ1n) is 5.94. The highest BCUT2D eigenvalue weighted by molar-refractivity contribution is 5.83. The van der Waals surface area contributed by atoms with E-state index in [9.17, 15) is 4.79 Å². The van der Waals surface area contributed by atoms with Crippen LogP contribution in [0.15, 0.2) is 18.2 Å². The molecule has 0 spiro atoms. The van der Waals surface area contributed by atoms with Gasteiger partial charge in [0.15, 0.2) is 17.6 Å². The molecule has 1 aromatic carbocycles. The Kier molecular flexibility index (Phi) is 3.72. The maximum atomic E-state index is 11.8. The zero-order valence-electron chi connectivity index (χ0n) is 10.7. The molecule has 1 aromatic rings. The second-order valence-electron chi connectivity index (χ2n) is 4.34. The quantitative estimate of drug-likeness (QED) is 0.857. The minimum atomic E-state index is -0.420. The van der Waals surface area contributed by atoms with Crippen LogP contribution in [0, 0.1) is 0 Å². The molecule has 0 aromatic heterocycles. The number of benzene rings is 1. The van der Waals surface area contributed by atoms with Crippen LogP contribution in [0.5, 0.6) is 11.5 Å². The number of hydrogen-bond donors (Lipinski definition) is 1. The Hall–Kier alpha value is -1.75. The van der Waals surface area contributed by atoms with Crippen molar-refractivity contribution in [3.63, 3.8) is 0 Å². The van der Waals surface area contributed by atoms with Gasteiger partial charge in [0.25, 0.3) is 5.91 Å². The van der Waals surface area contributed by atoms with Gasteiger partial charge in [0.05, 0.1) is 7.11 Å². The SMILES string of the molecule is COc1ccc(CN)cc1OC1CCN(C)C1=O. The highest BCUT2D eigenvalue weighted by Crippen LogP contribution is 2.30. The molecule has 1 aliphatic rings. The number of carbonyl (C=O) groups is 1. The average Bonchev–Trinajstić information content (AvgIpc) is 2.70. The number of methoxy groups -OCH3 is 1. The summed E-state index contributed by atoms with van der Waals surface area (Å²) in [4.78, 5) is 13.5. The van der Waals surface area contributed by atoms with E-state index in [0.717, 1.165) is 12.1 Å². The summed E-state index contributed by atoms with van der Waals surface area (Å²) >= 11 is 0. The van der Waals surface area contributed by atoms with Crippen molar-refractivity contribution in [2.24, 2.45) is 5.73 Å². The van der Waals surface area contributed by atoms with E-state index in [4.69, 9.17) is 15.2 Å². The zero-order valence-corrected chi connectivity index (χ0v) is 10.7. The zero-order chi connectivity index (χ0) is 13.1. The first-order chi connectivity index (χ1) is 8.65. The van der Waals surface area contributed by atoms with Crippen LogP contribution in [0.4, 0.5) is 0 Å². The summed E-state index contributed by atoms with van der Waals surface area (Å²) in [6.45, 7) is 1.15. The molecule has 1 amide bonds. The lowest BCUT2D eigenvalue weighted by Gasteiger charge is -2.16. The Balaban J connectivity index is 2.19. The minimum Gasteiger partial charge on any atom is -0.493 e. The molecule has 1 unspecified atom stereocenters. The fourth-order valence-corrected chi connectivity index (χ4v) is 1.99. The Morgan fingerprint density at radius 1 is 1.44 bits per heavy atom. The molecule has 18 heavy (non-hydrogen) atoms.